The van der Waals surface area contributed by atoms with Crippen LogP contribution >= 0.6 is 11.3 Å². The number of amides is 1. The quantitative estimate of drug-likeness (QED) is 0.827. The number of carbonyl (C=O) groups excluding carboxylic acids is 1. The Hall–Kier alpha value is -0.900. The standard InChI is InChI=1S/C15H24N2OS/c1-2-4-13-5-3-10-17(11-8-13)15(18)7-6-14-16-9-12-19-14/h9,12-13H,2-8,10-11H2,1H3/t13-/m1/s1. The summed E-state index contributed by atoms with van der Waals surface area (Å²) in [7, 11) is 0. The molecule has 19 heavy (non-hydrogen) atoms. The van der Waals surface area contributed by atoms with Gasteiger partial charge in [0.25, 0.3) is 0 Å². The van der Waals surface area contributed by atoms with Gasteiger partial charge in [0, 0.05) is 37.5 Å². The molecule has 4 heteroatoms. The molecule has 0 spiro atoms. The molecule has 2 heterocycles. The van der Waals surface area contributed by atoms with Crippen molar-refractivity contribution < 1.29 is 4.79 Å². The molecule has 1 fully saturated rings. The molecule has 106 valence electrons. The number of hydrogen-bond donors (Lipinski definition) is 0. The molecule has 1 atom stereocenters. The van der Waals surface area contributed by atoms with E-state index < -0.39 is 0 Å². The molecule has 1 aliphatic heterocycles. The van der Waals surface area contributed by atoms with Crippen LogP contribution in [0.4, 0.5) is 0 Å². The van der Waals surface area contributed by atoms with E-state index in [1.165, 1.54) is 32.1 Å². The van der Waals surface area contributed by atoms with Crippen molar-refractivity contribution in [1.82, 2.24) is 9.88 Å². The molecule has 0 radical (unpaired) electrons. The molecule has 2 rings (SSSR count). The Morgan fingerprint density at radius 2 is 2.37 bits per heavy atom. The second-order valence-electron chi connectivity index (χ2n) is 5.39. The van der Waals surface area contributed by atoms with Gasteiger partial charge in [0.1, 0.15) is 0 Å². The summed E-state index contributed by atoms with van der Waals surface area (Å²) in [6.45, 7) is 4.17. The van der Waals surface area contributed by atoms with Gasteiger partial charge in [-0.3, -0.25) is 4.79 Å². The maximum absolute atomic E-state index is 12.2. The van der Waals surface area contributed by atoms with Crippen LogP contribution in [0.1, 0.15) is 50.5 Å². The first-order valence-corrected chi connectivity index (χ1v) is 8.33. The number of nitrogens with zero attached hydrogens (tertiary/aromatic N) is 2. The molecule has 0 unspecified atom stereocenters. The van der Waals surface area contributed by atoms with Crippen molar-refractivity contribution in [3.05, 3.63) is 16.6 Å². The van der Waals surface area contributed by atoms with E-state index in [0.717, 1.165) is 30.4 Å². The Morgan fingerprint density at radius 3 is 3.11 bits per heavy atom. The lowest BCUT2D eigenvalue weighted by Gasteiger charge is -2.20. The summed E-state index contributed by atoms with van der Waals surface area (Å²) >= 11 is 1.64. The van der Waals surface area contributed by atoms with Crippen molar-refractivity contribution in [2.45, 2.75) is 51.9 Å². The van der Waals surface area contributed by atoms with Gasteiger partial charge in [-0.2, -0.15) is 0 Å². The molecular weight excluding hydrogens is 256 g/mol. The number of aromatic nitrogens is 1. The van der Waals surface area contributed by atoms with Crippen molar-refractivity contribution in [3.63, 3.8) is 0 Å². The van der Waals surface area contributed by atoms with Gasteiger partial charge in [0.15, 0.2) is 0 Å². The van der Waals surface area contributed by atoms with Gasteiger partial charge in [0.2, 0.25) is 5.91 Å². The summed E-state index contributed by atoms with van der Waals surface area (Å²) < 4.78 is 0. The van der Waals surface area contributed by atoms with Gasteiger partial charge in [-0.05, 0) is 25.2 Å². The van der Waals surface area contributed by atoms with E-state index in [0.29, 0.717) is 12.3 Å². The summed E-state index contributed by atoms with van der Waals surface area (Å²) in [6.07, 6.45) is 9.47. The zero-order valence-electron chi connectivity index (χ0n) is 11.8. The van der Waals surface area contributed by atoms with E-state index in [9.17, 15) is 4.79 Å². The number of aryl methyl sites for hydroxylation is 1. The molecular formula is C15H24N2OS. The molecule has 1 saturated heterocycles. The molecule has 0 N–H and O–H groups in total. The number of carbonyl (C=O) groups is 1. The summed E-state index contributed by atoms with van der Waals surface area (Å²) in [4.78, 5) is 18.5. The highest BCUT2D eigenvalue weighted by Crippen LogP contribution is 2.22. The van der Waals surface area contributed by atoms with Crippen LogP contribution in [-0.2, 0) is 11.2 Å². The van der Waals surface area contributed by atoms with Crippen LogP contribution in [0.3, 0.4) is 0 Å². The molecule has 0 saturated carbocycles. The monoisotopic (exact) mass is 280 g/mol. The first kappa shape index (κ1) is 14.5. The minimum absolute atomic E-state index is 0.312. The van der Waals surface area contributed by atoms with Crippen molar-refractivity contribution in [3.8, 4) is 0 Å². The Labute approximate surface area is 120 Å². The fraction of sp³-hybridized carbons (Fsp3) is 0.733. The average molecular weight is 280 g/mol. The lowest BCUT2D eigenvalue weighted by Crippen LogP contribution is -2.32. The Kier molecular flexibility index (Phi) is 5.83. The van der Waals surface area contributed by atoms with Crippen molar-refractivity contribution in [1.29, 1.82) is 0 Å². The maximum atomic E-state index is 12.2. The van der Waals surface area contributed by atoms with Crippen LogP contribution in [-0.4, -0.2) is 28.9 Å². The lowest BCUT2D eigenvalue weighted by atomic mass is 9.96. The number of thiazole rings is 1. The third-order valence-corrected chi connectivity index (χ3v) is 4.77. The van der Waals surface area contributed by atoms with Gasteiger partial charge >= 0.3 is 0 Å². The van der Waals surface area contributed by atoms with Gasteiger partial charge in [0.05, 0.1) is 5.01 Å². The Balaban J connectivity index is 1.76. The van der Waals surface area contributed by atoms with Crippen LogP contribution in [0.5, 0.6) is 0 Å². The summed E-state index contributed by atoms with van der Waals surface area (Å²) in [5, 5.41) is 3.05. The van der Waals surface area contributed by atoms with E-state index in [1.807, 2.05) is 11.6 Å². The predicted molar refractivity (Wildman–Crippen MR) is 79.3 cm³/mol. The van der Waals surface area contributed by atoms with Gasteiger partial charge in [-0.1, -0.05) is 19.8 Å². The Bertz CT molecular complexity index is 378. The zero-order valence-corrected chi connectivity index (χ0v) is 12.6. The van der Waals surface area contributed by atoms with E-state index >= 15 is 0 Å². The predicted octanol–water partition coefficient (Wildman–Crippen LogP) is 3.50. The number of rotatable bonds is 5. The fourth-order valence-electron chi connectivity index (χ4n) is 2.86. The lowest BCUT2D eigenvalue weighted by molar-refractivity contribution is -0.131. The van der Waals surface area contributed by atoms with Crippen LogP contribution in [0.15, 0.2) is 11.6 Å². The van der Waals surface area contributed by atoms with Crippen molar-refractivity contribution >= 4 is 17.2 Å². The molecule has 0 aliphatic carbocycles. The molecule has 1 aliphatic rings. The third kappa shape index (κ3) is 4.60. The molecule has 1 amide bonds. The average Bonchev–Trinajstić information content (AvgIpc) is 2.82. The second kappa shape index (κ2) is 7.63. The third-order valence-electron chi connectivity index (χ3n) is 3.93. The summed E-state index contributed by atoms with van der Waals surface area (Å²) in [5.74, 6) is 1.15. The van der Waals surface area contributed by atoms with Gasteiger partial charge in [-0.15, -0.1) is 11.3 Å². The van der Waals surface area contributed by atoms with Gasteiger partial charge < -0.3 is 4.90 Å². The summed E-state index contributed by atoms with van der Waals surface area (Å²) in [6, 6.07) is 0. The molecule has 3 nitrogen and oxygen atoms in total. The van der Waals surface area contributed by atoms with Crippen LogP contribution in [0, 0.1) is 5.92 Å². The second-order valence-corrected chi connectivity index (χ2v) is 6.37. The highest BCUT2D eigenvalue weighted by Gasteiger charge is 2.20. The van der Waals surface area contributed by atoms with Crippen molar-refractivity contribution in [2.24, 2.45) is 5.92 Å². The largest absolute Gasteiger partial charge is 0.343 e. The van der Waals surface area contributed by atoms with E-state index in [4.69, 9.17) is 0 Å². The number of likely N-dealkylation sites (tertiary alicyclic amines) is 1. The maximum Gasteiger partial charge on any atom is 0.222 e. The number of hydrogen-bond acceptors (Lipinski definition) is 3. The minimum atomic E-state index is 0.312. The fourth-order valence-corrected chi connectivity index (χ4v) is 3.48. The molecule has 1 aromatic heterocycles. The van der Waals surface area contributed by atoms with Crippen LogP contribution in [0.25, 0.3) is 0 Å². The smallest absolute Gasteiger partial charge is 0.222 e. The Morgan fingerprint density at radius 1 is 1.47 bits per heavy atom. The zero-order chi connectivity index (χ0) is 13.5. The van der Waals surface area contributed by atoms with Gasteiger partial charge in [-0.25, -0.2) is 4.98 Å². The summed E-state index contributed by atoms with van der Waals surface area (Å²) in [5.41, 5.74) is 0. The van der Waals surface area contributed by atoms with Crippen LogP contribution < -0.4 is 0 Å². The SMILES string of the molecule is CCC[C@@H]1CCCN(C(=O)CCc2nccs2)CC1. The molecule has 1 aromatic rings. The minimum Gasteiger partial charge on any atom is -0.343 e. The molecule has 0 bridgehead atoms. The van der Waals surface area contributed by atoms with Crippen LogP contribution in [0.2, 0.25) is 0 Å². The van der Waals surface area contributed by atoms with E-state index in [-0.39, 0.29) is 0 Å². The van der Waals surface area contributed by atoms with Crippen molar-refractivity contribution in [2.75, 3.05) is 13.1 Å². The highest BCUT2D eigenvalue weighted by molar-refractivity contribution is 7.09. The van der Waals surface area contributed by atoms with E-state index in [2.05, 4.69) is 16.8 Å². The first-order valence-electron chi connectivity index (χ1n) is 7.45. The van der Waals surface area contributed by atoms with E-state index in [1.54, 1.807) is 11.3 Å². The topological polar surface area (TPSA) is 33.2 Å². The first-order chi connectivity index (χ1) is 9.29. The molecule has 0 aromatic carbocycles. The highest BCUT2D eigenvalue weighted by atomic mass is 32.1. The normalized spacial score (nSPS) is 20.3.